The third kappa shape index (κ3) is 5.24. The van der Waals surface area contributed by atoms with E-state index < -0.39 is 5.82 Å². The summed E-state index contributed by atoms with van der Waals surface area (Å²) in [5, 5.41) is 11.9. The lowest BCUT2D eigenvalue weighted by Crippen LogP contribution is -2.51. The molecule has 2 amide bonds. The number of aromatic nitrogens is 1. The molecule has 0 aliphatic carbocycles. The minimum absolute atomic E-state index is 0.125. The number of halogens is 1. The van der Waals surface area contributed by atoms with Crippen LogP contribution in [-0.4, -0.2) is 41.6 Å². The van der Waals surface area contributed by atoms with Gasteiger partial charge in [0, 0.05) is 38.1 Å². The lowest BCUT2D eigenvalue weighted by Gasteiger charge is -2.36. The molecule has 1 aromatic carbocycles. The highest BCUT2D eigenvalue weighted by Gasteiger charge is 2.25. The number of carbonyl (C=O) groups is 1. The molecule has 1 atom stereocenters. The fourth-order valence-corrected chi connectivity index (χ4v) is 3.43. The second-order valence-electron chi connectivity index (χ2n) is 6.93. The predicted molar refractivity (Wildman–Crippen MR) is 108 cm³/mol. The topological polar surface area (TPSA) is 72.3 Å². The van der Waals surface area contributed by atoms with E-state index in [2.05, 4.69) is 16.2 Å². The largest absolute Gasteiger partial charge is 0.367 e. The summed E-state index contributed by atoms with van der Waals surface area (Å²) in [5.41, 5.74) is 1.62. The lowest BCUT2D eigenvalue weighted by atomic mass is 10.0. The Labute approximate surface area is 170 Å². The van der Waals surface area contributed by atoms with Crippen molar-refractivity contribution >= 4 is 11.7 Å². The van der Waals surface area contributed by atoms with Crippen LogP contribution in [0.25, 0.3) is 0 Å². The van der Waals surface area contributed by atoms with E-state index >= 15 is 0 Å². The summed E-state index contributed by atoms with van der Waals surface area (Å²) in [6, 6.07) is 9.71. The molecule has 148 valence electrons. The first-order chi connectivity index (χ1) is 14.1. The normalized spacial score (nSPS) is 15.8. The summed E-state index contributed by atoms with van der Waals surface area (Å²) < 4.78 is 14.4. The number of amides is 2. The molecule has 0 spiro atoms. The summed E-state index contributed by atoms with van der Waals surface area (Å²) in [5.74, 6) is 2.09. The number of urea groups is 1. The van der Waals surface area contributed by atoms with Crippen molar-refractivity contribution in [2.45, 2.75) is 25.4 Å². The van der Waals surface area contributed by atoms with Crippen LogP contribution in [0.4, 0.5) is 14.9 Å². The van der Waals surface area contributed by atoms with Gasteiger partial charge in [0.05, 0.1) is 23.9 Å². The van der Waals surface area contributed by atoms with E-state index in [0.29, 0.717) is 25.3 Å². The molecule has 2 aromatic rings. The third-order valence-corrected chi connectivity index (χ3v) is 4.83. The molecule has 1 fully saturated rings. The van der Waals surface area contributed by atoms with E-state index in [1.54, 1.807) is 29.4 Å². The first kappa shape index (κ1) is 20.2. The Bertz CT molecular complexity index is 934. The van der Waals surface area contributed by atoms with Gasteiger partial charge < -0.3 is 15.1 Å². The molecule has 1 aromatic heterocycles. The van der Waals surface area contributed by atoms with Crippen LogP contribution in [0.3, 0.4) is 0 Å². The van der Waals surface area contributed by atoms with Gasteiger partial charge in [0.25, 0.3) is 0 Å². The first-order valence-electron chi connectivity index (χ1n) is 9.43. The number of terminal acetylenes is 1. The quantitative estimate of drug-likeness (QED) is 0.796. The van der Waals surface area contributed by atoms with Gasteiger partial charge in [0.15, 0.2) is 0 Å². The van der Waals surface area contributed by atoms with Crippen molar-refractivity contribution < 1.29 is 9.18 Å². The molecule has 0 saturated carbocycles. The summed E-state index contributed by atoms with van der Waals surface area (Å²) in [6.45, 7) is 1.73. The molecule has 7 heteroatoms. The number of hydrogen-bond acceptors (Lipinski definition) is 4. The Morgan fingerprint density at radius 1 is 1.45 bits per heavy atom. The third-order valence-electron chi connectivity index (χ3n) is 4.83. The maximum Gasteiger partial charge on any atom is 0.318 e. The van der Waals surface area contributed by atoms with E-state index in [1.807, 2.05) is 23.1 Å². The van der Waals surface area contributed by atoms with E-state index in [0.717, 1.165) is 18.4 Å². The van der Waals surface area contributed by atoms with E-state index in [-0.39, 0.29) is 24.2 Å². The first-order valence-corrected chi connectivity index (χ1v) is 9.43. The van der Waals surface area contributed by atoms with Crippen LogP contribution in [0.1, 0.15) is 24.0 Å². The highest BCUT2D eigenvalue weighted by Crippen LogP contribution is 2.24. The number of rotatable bonds is 5. The molecule has 3 rings (SSSR count). The van der Waals surface area contributed by atoms with Crippen LogP contribution in [0.15, 0.2) is 42.7 Å². The second kappa shape index (κ2) is 9.57. The Morgan fingerprint density at radius 3 is 3.00 bits per heavy atom. The van der Waals surface area contributed by atoms with Crippen LogP contribution >= 0.6 is 0 Å². The Balaban J connectivity index is 1.65. The molecule has 1 aliphatic heterocycles. The zero-order chi connectivity index (χ0) is 20.6. The number of pyridine rings is 1. The van der Waals surface area contributed by atoms with Gasteiger partial charge in [-0.1, -0.05) is 12.0 Å². The monoisotopic (exact) mass is 391 g/mol. The number of benzene rings is 1. The van der Waals surface area contributed by atoms with Crippen molar-refractivity contribution in [3.63, 3.8) is 0 Å². The maximum atomic E-state index is 14.4. The summed E-state index contributed by atoms with van der Waals surface area (Å²) in [4.78, 5) is 20.3. The van der Waals surface area contributed by atoms with Gasteiger partial charge in [0.1, 0.15) is 5.82 Å². The second-order valence-corrected chi connectivity index (χ2v) is 6.93. The zero-order valence-electron chi connectivity index (χ0n) is 16.0. The molecule has 1 N–H and O–H groups in total. The number of nitrogens with one attached hydrogen (secondary N) is 1. The fraction of sp³-hybridized carbons (Fsp3) is 0.318. The minimum atomic E-state index is -0.429. The van der Waals surface area contributed by atoms with Gasteiger partial charge in [0.2, 0.25) is 0 Å². The van der Waals surface area contributed by atoms with Gasteiger partial charge in [-0.2, -0.15) is 5.26 Å². The van der Waals surface area contributed by atoms with E-state index in [4.69, 9.17) is 11.7 Å². The number of carbonyl (C=O) groups excluding carboxylic acids is 1. The van der Waals surface area contributed by atoms with E-state index in [1.165, 1.54) is 6.07 Å². The number of anilines is 1. The highest BCUT2D eigenvalue weighted by atomic mass is 19.1. The highest BCUT2D eigenvalue weighted by molar-refractivity contribution is 5.75. The molecule has 1 saturated heterocycles. The van der Waals surface area contributed by atoms with Crippen molar-refractivity contribution in [2.75, 3.05) is 24.5 Å². The van der Waals surface area contributed by atoms with Crippen LogP contribution < -0.4 is 10.2 Å². The molecular weight excluding hydrogens is 369 g/mol. The summed E-state index contributed by atoms with van der Waals surface area (Å²) >= 11 is 0. The van der Waals surface area contributed by atoms with Gasteiger partial charge in [-0.25, -0.2) is 9.18 Å². The number of nitrogens with zero attached hydrogens (tertiary/aromatic N) is 4. The average molecular weight is 391 g/mol. The number of piperidine rings is 1. The minimum Gasteiger partial charge on any atom is -0.367 e. The lowest BCUT2D eigenvalue weighted by molar-refractivity contribution is 0.196. The summed E-state index contributed by atoms with van der Waals surface area (Å²) in [6.07, 6.45) is 10.4. The van der Waals surface area contributed by atoms with Gasteiger partial charge in [-0.3, -0.25) is 4.98 Å². The van der Waals surface area contributed by atoms with Crippen LogP contribution in [0.5, 0.6) is 0 Å². The Kier molecular flexibility index (Phi) is 6.65. The van der Waals surface area contributed by atoms with Crippen molar-refractivity contribution in [3.8, 4) is 18.4 Å². The molecule has 1 aliphatic rings. The van der Waals surface area contributed by atoms with Crippen LogP contribution in [0, 0.1) is 29.5 Å². The molecule has 1 unspecified atom stereocenters. The zero-order valence-corrected chi connectivity index (χ0v) is 16.0. The SMILES string of the molecule is C#CCN(Cc1cccnc1)C(=O)NC1CCCN(c2ccc(C#N)cc2F)C1. The van der Waals surface area contributed by atoms with Crippen molar-refractivity contribution in [1.82, 2.24) is 15.2 Å². The molecule has 6 nitrogen and oxygen atoms in total. The van der Waals surface area contributed by atoms with Crippen LogP contribution in [-0.2, 0) is 6.54 Å². The number of hydrogen-bond donors (Lipinski definition) is 1. The molecule has 2 heterocycles. The Hall–Kier alpha value is -3.58. The molecular formula is C22H22FN5O. The van der Waals surface area contributed by atoms with Gasteiger partial charge in [-0.05, 0) is 42.7 Å². The smallest absolute Gasteiger partial charge is 0.318 e. The predicted octanol–water partition coefficient (Wildman–Crippen LogP) is 2.91. The van der Waals surface area contributed by atoms with E-state index in [9.17, 15) is 9.18 Å². The molecule has 29 heavy (non-hydrogen) atoms. The standard InChI is InChI=1S/C22H22FN5O/c1-2-10-28(15-18-5-3-9-25-14-18)22(29)26-19-6-4-11-27(16-19)21-8-7-17(13-24)12-20(21)23/h1,3,5,7-9,12,14,19H,4,6,10-11,15-16H2,(H,26,29). The van der Waals surface area contributed by atoms with Crippen molar-refractivity contribution in [1.29, 1.82) is 5.26 Å². The number of nitriles is 1. The van der Waals surface area contributed by atoms with Crippen molar-refractivity contribution in [3.05, 3.63) is 59.7 Å². The fourth-order valence-electron chi connectivity index (χ4n) is 3.43. The average Bonchev–Trinajstić information content (AvgIpc) is 2.74. The van der Waals surface area contributed by atoms with Gasteiger partial charge in [-0.15, -0.1) is 6.42 Å². The van der Waals surface area contributed by atoms with Crippen molar-refractivity contribution in [2.24, 2.45) is 0 Å². The van der Waals surface area contributed by atoms with Crippen LogP contribution in [0.2, 0.25) is 0 Å². The maximum absolute atomic E-state index is 14.4. The van der Waals surface area contributed by atoms with Gasteiger partial charge >= 0.3 is 6.03 Å². The Morgan fingerprint density at radius 2 is 2.31 bits per heavy atom. The molecule has 0 bridgehead atoms. The molecule has 0 radical (unpaired) electrons. The summed E-state index contributed by atoms with van der Waals surface area (Å²) in [7, 11) is 0.